The van der Waals surface area contributed by atoms with Crippen LogP contribution in [0.5, 0.6) is 0 Å². The third-order valence-corrected chi connectivity index (χ3v) is 4.50. The van der Waals surface area contributed by atoms with Crippen molar-refractivity contribution in [3.05, 3.63) is 12.3 Å². The van der Waals surface area contributed by atoms with Crippen LogP contribution in [0.15, 0.2) is 12.3 Å². The number of carbonyl (C=O) groups excluding carboxylic acids is 1. The average Bonchev–Trinajstić information content (AvgIpc) is 2.55. The number of carbonyl (C=O) groups is 3. The third-order valence-electron chi connectivity index (χ3n) is 4.50. The topological polar surface area (TPSA) is 156 Å². The maximum absolute atomic E-state index is 11.6. The number of carboxylic acids is 2. The fraction of sp³-hybridized carbons (Fsp3) is 0.722. The molecule has 5 N–H and O–H groups in total. The Balaban J connectivity index is 0. The molecule has 12 heteroatoms. The van der Waals surface area contributed by atoms with Gasteiger partial charge >= 0.3 is 11.9 Å². The van der Waals surface area contributed by atoms with Gasteiger partial charge in [-0.3, -0.25) is 34.0 Å². The Hall–Kier alpha value is -0.725. The van der Waals surface area contributed by atoms with E-state index in [0.717, 1.165) is 0 Å². The molecule has 0 radical (unpaired) electrons. The van der Waals surface area contributed by atoms with E-state index in [0.29, 0.717) is 52.4 Å². The van der Waals surface area contributed by atoms with Crippen molar-refractivity contribution in [3.8, 4) is 0 Å². The first kappa shape index (κ1) is 31.5. The minimum Gasteiger partial charge on any atom is -0.512 e. The second-order valence-corrected chi connectivity index (χ2v) is 7.16. The van der Waals surface area contributed by atoms with Crippen molar-refractivity contribution in [3.63, 3.8) is 0 Å². The molecule has 1 saturated heterocycles. The van der Waals surface area contributed by atoms with Crippen molar-refractivity contribution in [1.29, 1.82) is 0 Å². The monoisotopic (exact) mass is 576 g/mol. The Bertz CT molecular complexity index is 453. The van der Waals surface area contributed by atoms with Crippen LogP contribution in [0, 0.1) is 39.9 Å². The Morgan fingerprint density at radius 3 is 1.17 bits per heavy atom. The molecule has 1 aliphatic rings. The quantitative estimate of drug-likeness (QED) is 0.283. The molecule has 0 aromatic heterocycles. The standard InChI is InChI=1S/C18H32N4O6.Gd.H2O/c1-15(23)11-19-3-7-21(13-17(25)26)9-5-20(12-16(2)24)6-10-22(8-4-19)14-18(27)28;;/h23H,1,3-14H2,2H3,(H,25,26)(H,27,28);;1H2. The first-order valence-corrected chi connectivity index (χ1v) is 9.35. The normalized spacial score (nSPS) is 18.2. The maximum Gasteiger partial charge on any atom is 0.317 e. The Kier molecular flexibility index (Phi) is 17.7. The third kappa shape index (κ3) is 15.1. The van der Waals surface area contributed by atoms with E-state index in [2.05, 4.69) is 6.58 Å². The molecule has 0 bridgehead atoms. The van der Waals surface area contributed by atoms with Crippen LogP contribution in [-0.2, 0) is 14.4 Å². The van der Waals surface area contributed by atoms with Gasteiger partial charge in [0.2, 0.25) is 0 Å². The Morgan fingerprint density at radius 2 is 0.933 bits per heavy atom. The summed E-state index contributed by atoms with van der Waals surface area (Å²) in [6.45, 7) is 9.27. The van der Waals surface area contributed by atoms with E-state index in [1.165, 1.54) is 6.92 Å². The molecule has 1 rings (SSSR count). The van der Waals surface area contributed by atoms with Gasteiger partial charge in [0.05, 0.1) is 31.9 Å². The van der Waals surface area contributed by atoms with Crippen molar-refractivity contribution in [2.75, 3.05) is 78.5 Å². The summed E-state index contributed by atoms with van der Waals surface area (Å²) in [5, 5.41) is 27.9. The first-order valence-electron chi connectivity index (χ1n) is 9.35. The number of aliphatic hydroxyl groups excluding tert-OH is 1. The van der Waals surface area contributed by atoms with Crippen molar-refractivity contribution in [1.82, 2.24) is 19.6 Å². The van der Waals surface area contributed by atoms with Crippen LogP contribution >= 0.6 is 0 Å². The molecule has 1 heterocycles. The van der Waals surface area contributed by atoms with Gasteiger partial charge in [0.1, 0.15) is 5.78 Å². The summed E-state index contributed by atoms with van der Waals surface area (Å²) >= 11 is 0. The number of aliphatic carboxylic acids is 2. The maximum atomic E-state index is 11.6. The number of nitrogens with zero attached hydrogens (tertiary/aromatic N) is 4. The summed E-state index contributed by atoms with van der Waals surface area (Å²) in [6, 6.07) is 0. The fourth-order valence-corrected chi connectivity index (χ4v) is 3.17. The molecule has 0 spiro atoms. The molecule has 0 aromatic rings. The average molecular weight is 576 g/mol. The van der Waals surface area contributed by atoms with Gasteiger partial charge in [-0.2, -0.15) is 0 Å². The molecular formula is C18H34GdN4O7. The molecule has 0 atom stereocenters. The summed E-state index contributed by atoms with van der Waals surface area (Å²) in [5.74, 6) is -1.82. The predicted molar refractivity (Wildman–Crippen MR) is 107 cm³/mol. The van der Waals surface area contributed by atoms with Gasteiger partial charge < -0.3 is 20.8 Å². The molecule has 0 unspecified atom stereocenters. The number of carboxylic acid groups (broad SMARTS) is 2. The molecule has 11 nitrogen and oxygen atoms in total. The molecule has 0 aromatic carbocycles. The van der Waals surface area contributed by atoms with E-state index >= 15 is 0 Å². The molecule has 0 aliphatic carbocycles. The summed E-state index contributed by atoms with van der Waals surface area (Å²) in [6.07, 6.45) is 0. The van der Waals surface area contributed by atoms with Crippen LogP contribution in [0.2, 0.25) is 0 Å². The van der Waals surface area contributed by atoms with E-state index in [4.69, 9.17) is 10.2 Å². The number of aliphatic hydroxyl groups is 1. The SMILES string of the molecule is C=C(O)CN1CCN(CC(=O)O)CCN(CC(C)=O)CCN(CC(=O)O)CC1.O.[Gd]. The minimum absolute atomic E-state index is 0. The van der Waals surface area contributed by atoms with E-state index in [1.54, 1.807) is 9.80 Å². The molecule has 30 heavy (non-hydrogen) atoms. The van der Waals surface area contributed by atoms with Crippen molar-refractivity contribution in [2.24, 2.45) is 0 Å². The van der Waals surface area contributed by atoms with Crippen molar-refractivity contribution >= 4 is 17.7 Å². The van der Waals surface area contributed by atoms with Gasteiger partial charge in [-0.1, -0.05) is 6.58 Å². The zero-order valence-corrected chi connectivity index (χ0v) is 19.7. The van der Waals surface area contributed by atoms with Gasteiger partial charge in [0.15, 0.2) is 0 Å². The smallest absolute Gasteiger partial charge is 0.317 e. The molecule has 1 aliphatic heterocycles. The number of rotatable bonds is 8. The molecule has 0 amide bonds. The summed E-state index contributed by atoms with van der Waals surface area (Å²) in [4.78, 5) is 41.4. The van der Waals surface area contributed by atoms with Gasteiger partial charge in [0.25, 0.3) is 0 Å². The van der Waals surface area contributed by atoms with Crippen molar-refractivity contribution < 1.29 is 75.1 Å². The predicted octanol–water partition coefficient (Wildman–Crippen LogP) is -1.79. The van der Waals surface area contributed by atoms with Gasteiger partial charge in [-0.25, -0.2) is 0 Å². The zero-order chi connectivity index (χ0) is 21.1. The first-order chi connectivity index (χ1) is 13.2. The number of ketones is 1. The molecule has 176 valence electrons. The summed E-state index contributed by atoms with van der Waals surface area (Å²) in [5.41, 5.74) is 0. The Morgan fingerprint density at radius 1 is 0.667 bits per heavy atom. The van der Waals surface area contributed by atoms with Crippen LogP contribution in [0.25, 0.3) is 0 Å². The molecule has 1 fully saturated rings. The summed E-state index contributed by atoms with van der Waals surface area (Å²) in [7, 11) is 0. The van der Waals surface area contributed by atoms with E-state index in [1.807, 2.05) is 9.80 Å². The van der Waals surface area contributed by atoms with E-state index in [-0.39, 0.29) is 83.1 Å². The van der Waals surface area contributed by atoms with Gasteiger partial charge in [-0.05, 0) is 6.92 Å². The van der Waals surface area contributed by atoms with Crippen LogP contribution in [0.4, 0.5) is 0 Å². The second kappa shape index (κ2) is 16.9. The van der Waals surface area contributed by atoms with Crippen molar-refractivity contribution in [2.45, 2.75) is 6.92 Å². The fourth-order valence-electron chi connectivity index (χ4n) is 3.17. The molecular weight excluding hydrogens is 541 g/mol. The number of hydrogen-bond donors (Lipinski definition) is 3. The van der Waals surface area contributed by atoms with Crippen LogP contribution in [0.3, 0.4) is 0 Å². The largest absolute Gasteiger partial charge is 0.512 e. The van der Waals surface area contributed by atoms with E-state index < -0.39 is 11.9 Å². The molecule has 0 saturated carbocycles. The van der Waals surface area contributed by atoms with Crippen LogP contribution in [-0.4, -0.2) is 137 Å². The van der Waals surface area contributed by atoms with Gasteiger partial charge in [-0.15, -0.1) is 0 Å². The zero-order valence-electron chi connectivity index (χ0n) is 17.4. The van der Waals surface area contributed by atoms with Crippen LogP contribution < -0.4 is 0 Å². The van der Waals surface area contributed by atoms with Crippen LogP contribution in [0.1, 0.15) is 6.92 Å². The second-order valence-electron chi connectivity index (χ2n) is 7.16. The number of Topliss-reactive ketones (excluding diaryl/α,β-unsaturated/α-hetero) is 1. The van der Waals surface area contributed by atoms with E-state index in [9.17, 15) is 19.5 Å². The number of hydrogen-bond acceptors (Lipinski definition) is 8. The minimum atomic E-state index is -0.920. The Labute approximate surface area is 209 Å². The van der Waals surface area contributed by atoms with Gasteiger partial charge in [0, 0.05) is 92.3 Å². The summed E-state index contributed by atoms with van der Waals surface area (Å²) < 4.78 is 0.